The van der Waals surface area contributed by atoms with Crippen LogP contribution in [0, 0.1) is 0 Å². The molecule has 0 amide bonds. The van der Waals surface area contributed by atoms with E-state index < -0.39 is 0 Å². The molecule has 4 heteroatoms. The van der Waals surface area contributed by atoms with E-state index in [9.17, 15) is 4.79 Å². The number of carbonyl (C=O) groups excluding carboxylic acids is 1. The predicted octanol–water partition coefficient (Wildman–Crippen LogP) is 2.58. The Kier molecular flexibility index (Phi) is 3.31. The highest BCUT2D eigenvalue weighted by molar-refractivity contribution is 7.12. The van der Waals surface area contributed by atoms with Crippen molar-refractivity contribution in [1.29, 1.82) is 0 Å². The summed E-state index contributed by atoms with van der Waals surface area (Å²) in [6, 6.07) is 5.50. The molecule has 2 aromatic heterocycles. The fourth-order valence-electron chi connectivity index (χ4n) is 1.35. The minimum absolute atomic E-state index is 0.0984. The molecule has 0 aliphatic rings. The number of carbonyl (C=O) groups is 1. The summed E-state index contributed by atoms with van der Waals surface area (Å²) in [6.07, 6.45) is 3.79. The van der Waals surface area contributed by atoms with Crippen molar-refractivity contribution in [2.24, 2.45) is 0 Å². The second-order valence-electron chi connectivity index (χ2n) is 3.31. The Labute approximate surface area is 97.7 Å². The van der Waals surface area contributed by atoms with Crippen molar-refractivity contribution in [3.63, 3.8) is 0 Å². The number of hydrogen-bond donors (Lipinski definition) is 0. The molecule has 0 unspecified atom stereocenters. The number of ketones is 1. The average Bonchev–Trinajstić information content (AvgIpc) is 2.79. The molecule has 0 N–H and O–H groups in total. The summed E-state index contributed by atoms with van der Waals surface area (Å²) in [7, 11) is 1.59. The van der Waals surface area contributed by atoms with E-state index >= 15 is 0 Å². The first kappa shape index (κ1) is 10.8. The van der Waals surface area contributed by atoms with Gasteiger partial charge in [0.05, 0.1) is 12.0 Å². The highest BCUT2D eigenvalue weighted by Crippen LogP contribution is 2.22. The molecular weight excluding hydrogens is 222 g/mol. The van der Waals surface area contributed by atoms with Gasteiger partial charge >= 0.3 is 0 Å². The van der Waals surface area contributed by atoms with E-state index in [-0.39, 0.29) is 5.78 Å². The Hall–Kier alpha value is -1.68. The predicted molar refractivity (Wildman–Crippen MR) is 63.1 cm³/mol. The van der Waals surface area contributed by atoms with Gasteiger partial charge in [-0.2, -0.15) is 0 Å². The van der Waals surface area contributed by atoms with Crippen molar-refractivity contribution in [3.05, 3.63) is 46.4 Å². The fourth-order valence-corrected chi connectivity index (χ4v) is 2.14. The Morgan fingerprint density at radius 1 is 1.56 bits per heavy atom. The first-order chi connectivity index (χ1) is 7.79. The second kappa shape index (κ2) is 4.90. The molecule has 0 aliphatic heterocycles. The van der Waals surface area contributed by atoms with Gasteiger partial charge in [-0.25, -0.2) is 0 Å². The normalized spacial score (nSPS) is 10.1. The van der Waals surface area contributed by atoms with Gasteiger partial charge in [0.1, 0.15) is 5.75 Å². The number of nitrogens with zero attached hydrogens (tertiary/aromatic N) is 1. The monoisotopic (exact) mass is 233 g/mol. The van der Waals surface area contributed by atoms with Crippen LogP contribution < -0.4 is 4.74 Å². The Morgan fingerprint density at radius 2 is 2.44 bits per heavy atom. The zero-order valence-corrected chi connectivity index (χ0v) is 9.66. The third kappa shape index (κ3) is 2.46. The molecule has 0 aliphatic carbocycles. The lowest BCUT2D eigenvalue weighted by Gasteiger charge is -1.97. The average molecular weight is 233 g/mol. The number of rotatable bonds is 4. The van der Waals surface area contributed by atoms with Crippen molar-refractivity contribution in [3.8, 4) is 5.75 Å². The number of hydrogen-bond acceptors (Lipinski definition) is 4. The third-order valence-corrected chi connectivity index (χ3v) is 3.12. The van der Waals surface area contributed by atoms with Gasteiger partial charge in [0.2, 0.25) is 0 Å². The smallest absolute Gasteiger partial charge is 0.177 e. The summed E-state index contributed by atoms with van der Waals surface area (Å²) < 4.78 is 5.04. The van der Waals surface area contributed by atoms with Crippen LogP contribution in [0.25, 0.3) is 0 Å². The summed E-state index contributed by atoms with van der Waals surface area (Å²) in [4.78, 5) is 16.6. The van der Waals surface area contributed by atoms with Crippen molar-refractivity contribution < 1.29 is 9.53 Å². The maximum Gasteiger partial charge on any atom is 0.177 e. The third-order valence-electron chi connectivity index (χ3n) is 2.17. The van der Waals surface area contributed by atoms with Crippen molar-refractivity contribution in [1.82, 2.24) is 4.98 Å². The van der Waals surface area contributed by atoms with E-state index in [2.05, 4.69) is 4.98 Å². The Balaban J connectivity index is 2.09. The Morgan fingerprint density at radius 3 is 3.06 bits per heavy atom. The molecular formula is C12H11NO2S. The van der Waals surface area contributed by atoms with Crippen LogP contribution in [-0.2, 0) is 6.42 Å². The van der Waals surface area contributed by atoms with Crippen LogP contribution in [-0.4, -0.2) is 17.9 Å². The molecule has 3 nitrogen and oxygen atoms in total. The quantitative estimate of drug-likeness (QED) is 0.762. The van der Waals surface area contributed by atoms with Gasteiger partial charge in [-0.1, -0.05) is 6.07 Å². The van der Waals surface area contributed by atoms with Gasteiger partial charge in [-0.15, -0.1) is 11.3 Å². The van der Waals surface area contributed by atoms with E-state index in [1.165, 1.54) is 11.3 Å². The lowest BCUT2D eigenvalue weighted by molar-refractivity contribution is 0.0996. The molecule has 2 heterocycles. The van der Waals surface area contributed by atoms with Crippen LogP contribution in [0.1, 0.15) is 15.2 Å². The maximum atomic E-state index is 11.9. The lowest BCUT2D eigenvalue weighted by Crippen LogP contribution is -2.01. The maximum absolute atomic E-state index is 11.9. The zero-order valence-electron chi connectivity index (χ0n) is 8.84. The summed E-state index contributed by atoms with van der Waals surface area (Å²) in [5, 5.41) is 1.83. The molecule has 2 rings (SSSR count). The SMILES string of the molecule is COc1csc(C(=O)Cc2cccnc2)c1. The fraction of sp³-hybridized carbons (Fsp3) is 0.167. The summed E-state index contributed by atoms with van der Waals surface area (Å²) in [5.74, 6) is 0.834. The minimum Gasteiger partial charge on any atom is -0.496 e. The van der Waals surface area contributed by atoms with Crippen LogP contribution in [0.3, 0.4) is 0 Å². The second-order valence-corrected chi connectivity index (χ2v) is 4.22. The van der Waals surface area contributed by atoms with Gasteiger partial charge in [0, 0.05) is 30.3 Å². The highest BCUT2D eigenvalue weighted by Gasteiger charge is 2.10. The molecule has 0 fully saturated rings. The number of pyridine rings is 1. The molecule has 0 atom stereocenters. The number of ether oxygens (including phenoxy) is 1. The van der Waals surface area contributed by atoms with E-state index in [0.29, 0.717) is 6.42 Å². The number of aromatic nitrogens is 1. The number of Topliss-reactive ketones (excluding diaryl/α,β-unsaturated/α-hetero) is 1. The van der Waals surface area contributed by atoms with Crippen LogP contribution in [0.5, 0.6) is 5.75 Å². The van der Waals surface area contributed by atoms with E-state index in [1.54, 1.807) is 25.6 Å². The highest BCUT2D eigenvalue weighted by atomic mass is 32.1. The van der Waals surface area contributed by atoms with Crippen LogP contribution >= 0.6 is 11.3 Å². The van der Waals surface area contributed by atoms with Crippen molar-refractivity contribution in [2.75, 3.05) is 7.11 Å². The van der Waals surface area contributed by atoms with Crippen LogP contribution in [0.2, 0.25) is 0 Å². The summed E-state index contributed by atoms with van der Waals surface area (Å²) in [5.41, 5.74) is 0.930. The first-order valence-electron chi connectivity index (χ1n) is 4.84. The van der Waals surface area contributed by atoms with Gasteiger partial charge < -0.3 is 4.74 Å². The molecule has 16 heavy (non-hydrogen) atoms. The van der Waals surface area contributed by atoms with E-state index in [1.807, 2.05) is 17.5 Å². The topological polar surface area (TPSA) is 39.2 Å². The molecule has 82 valence electrons. The van der Waals surface area contributed by atoms with Gasteiger partial charge in [-0.3, -0.25) is 9.78 Å². The molecule has 0 spiro atoms. The van der Waals surface area contributed by atoms with Gasteiger partial charge in [-0.05, 0) is 11.6 Å². The lowest BCUT2D eigenvalue weighted by atomic mass is 10.1. The molecule has 0 saturated carbocycles. The van der Waals surface area contributed by atoms with E-state index in [4.69, 9.17) is 4.74 Å². The minimum atomic E-state index is 0.0984. The zero-order chi connectivity index (χ0) is 11.4. The van der Waals surface area contributed by atoms with Crippen LogP contribution in [0.4, 0.5) is 0 Å². The van der Waals surface area contributed by atoms with Gasteiger partial charge in [0.25, 0.3) is 0 Å². The Bertz CT molecular complexity index is 479. The molecule has 2 aromatic rings. The van der Waals surface area contributed by atoms with Crippen molar-refractivity contribution in [2.45, 2.75) is 6.42 Å². The van der Waals surface area contributed by atoms with E-state index in [0.717, 1.165) is 16.2 Å². The molecule has 0 bridgehead atoms. The molecule has 0 radical (unpaired) electrons. The standard InChI is InChI=1S/C12H11NO2S/c1-15-10-6-12(16-8-10)11(14)5-9-3-2-4-13-7-9/h2-4,6-8H,5H2,1H3. The number of methoxy groups -OCH3 is 1. The number of thiophene rings is 1. The molecule has 0 aromatic carbocycles. The van der Waals surface area contributed by atoms with Gasteiger partial charge in [0.15, 0.2) is 5.78 Å². The van der Waals surface area contributed by atoms with Crippen LogP contribution in [0.15, 0.2) is 36.0 Å². The summed E-state index contributed by atoms with van der Waals surface area (Å²) >= 11 is 1.41. The largest absolute Gasteiger partial charge is 0.496 e. The first-order valence-corrected chi connectivity index (χ1v) is 5.72. The molecule has 0 saturated heterocycles. The summed E-state index contributed by atoms with van der Waals surface area (Å²) in [6.45, 7) is 0. The van der Waals surface area contributed by atoms with Crippen molar-refractivity contribution >= 4 is 17.1 Å².